The number of fused-ring (bicyclic) bond motifs is 15. The number of hydrogen-bond donors (Lipinski definition) is 0. The highest BCUT2D eigenvalue weighted by molar-refractivity contribution is 7.26. The van der Waals surface area contributed by atoms with Crippen molar-refractivity contribution in [1.82, 2.24) is 24.1 Å². The third-order valence-electron chi connectivity index (χ3n) is 16.8. The summed E-state index contributed by atoms with van der Waals surface area (Å²) in [4.78, 5) is 16.2. The topological polar surface area (TPSA) is 74.8 Å². The van der Waals surface area contributed by atoms with E-state index in [-0.39, 0.29) is 0 Å². The summed E-state index contributed by atoms with van der Waals surface area (Å²) >= 11 is 1.86. The molecule has 18 aromatic rings. The lowest BCUT2D eigenvalue weighted by atomic mass is 9.98. The lowest BCUT2D eigenvalue weighted by Gasteiger charge is -2.12. The molecular formula is C75H43N5O2S. The van der Waals surface area contributed by atoms with Gasteiger partial charge in [0.05, 0.1) is 22.1 Å². The molecular weight excluding hydrogens is 1030 g/mol. The molecule has 0 aliphatic heterocycles. The molecule has 0 bridgehead atoms. The van der Waals surface area contributed by atoms with Crippen LogP contribution in [0.5, 0.6) is 0 Å². The quantitative estimate of drug-likeness (QED) is 0.159. The minimum Gasteiger partial charge on any atom is -0.456 e. The number of nitrogens with zero attached hydrogens (tertiary/aromatic N) is 5. The van der Waals surface area contributed by atoms with E-state index >= 15 is 0 Å². The van der Waals surface area contributed by atoms with Gasteiger partial charge >= 0.3 is 0 Å². The van der Waals surface area contributed by atoms with E-state index in [1.54, 1.807) is 0 Å². The standard InChI is InChI=1S/C75H43N5O2S/c1-3-15-44(16-4-1)45-30-35-65-58(39-45)53-20-8-11-26-63(53)80(65)75-77-73(49-29-34-55-54-21-9-12-27-66(54)82-69(55)43-49)76-74(78-75)57-24-14-28-68-71(57)61-41-46(32-37-67(61)81-68)47-33-38-70-60(40-47)56-23-13-22-51(72(56)83-70)48-31-36-64-59(42-48)52-19-7-10-25-62(52)79(64)50-17-5-2-6-18-50/h1-43H. The lowest BCUT2D eigenvalue weighted by Crippen LogP contribution is -2.06. The van der Waals surface area contributed by atoms with Gasteiger partial charge in [-0.2, -0.15) is 9.97 Å². The number of furan rings is 2. The van der Waals surface area contributed by atoms with Crippen molar-refractivity contribution < 1.29 is 8.83 Å². The highest BCUT2D eigenvalue weighted by atomic mass is 32.1. The van der Waals surface area contributed by atoms with Crippen LogP contribution in [0.2, 0.25) is 0 Å². The number of para-hydroxylation sites is 4. The summed E-state index contributed by atoms with van der Waals surface area (Å²) in [6.07, 6.45) is 0. The average Bonchev–Trinajstić information content (AvgIpc) is 4.03. The largest absolute Gasteiger partial charge is 0.456 e. The highest BCUT2D eigenvalue weighted by Gasteiger charge is 2.23. The Hall–Kier alpha value is -10.9. The third kappa shape index (κ3) is 7.06. The number of thiophene rings is 1. The fourth-order valence-corrected chi connectivity index (χ4v) is 14.2. The Balaban J connectivity index is 0.786. The van der Waals surface area contributed by atoms with Crippen LogP contribution in [0.25, 0.3) is 175 Å². The predicted molar refractivity (Wildman–Crippen MR) is 343 cm³/mol. The summed E-state index contributed by atoms with van der Waals surface area (Å²) in [5.74, 6) is 1.57. The van der Waals surface area contributed by atoms with Gasteiger partial charge in [-0.15, -0.1) is 11.3 Å². The van der Waals surface area contributed by atoms with Crippen LogP contribution in [0.15, 0.2) is 270 Å². The summed E-state index contributed by atoms with van der Waals surface area (Å²) in [5, 5.41) is 11.2. The van der Waals surface area contributed by atoms with Gasteiger partial charge in [0.15, 0.2) is 11.6 Å². The predicted octanol–water partition coefficient (Wildman–Crippen LogP) is 20.6. The van der Waals surface area contributed by atoms with Gasteiger partial charge in [0, 0.05) is 80.1 Å². The second kappa shape index (κ2) is 17.8. The summed E-state index contributed by atoms with van der Waals surface area (Å²) in [6, 6.07) is 92.8. The van der Waals surface area contributed by atoms with Crippen LogP contribution in [0.3, 0.4) is 0 Å². The van der Waals surface area contributed by atoms with Crippen LogP contribution in [0.4, 0.5) is 0 Å². The van der Waals surface area contributed by atoms with Crippen molar-refractivity contribution >= 4 is 119 Å². The molecule has 0 atom stereocenters. The molecule has 12 aromatic carbocycles. The first-order valence-corrected chi connectivity index (χ1v) is 28.7. The lowest BCUT2D eigenvalue weighted by molar-refractivity contribution is 0.668. The Morgan fingerprint density at radius 3 is 1.66 bits per heavy atom. The smallest absolute Gasteiger partial charge is 0.238 e. The van der Waals surface area contributed by atoms with E-state index in [1.807, 2.05) is 41.7 Å². The fraction of sp³-hybridized carbons (Fsp3) is 0. The highest BCUT2D eigenvalue weighted by Crippen LogP contribution is 2.45. The van der Waals surface area contributed by atoms with E-state index in [2.05, 4.69) is 240 Å². The zero-order chi connectivity index (χ0) is 54.3. The van der Waals surface area contributed by atoms with Gasteiger partial charge in [-0.05, 0) is 130 Å². The number of benzene rings is 12. The van der Waals surface area contributed by atoms with Crippen LogP contribution in [0, 0.1) is 0 Å². The van der Waals surface area contributed by atoms with Crippen LogP contribution in [-0.4, -0.2) is 24.1 Å². The Bertz CT molecular complexity index is 5710. The van der Waals surface area contributed by atoms with E-state index in [9.17, 15) is 0 Å². The van der Waals surface area contributed by atoms with Crippen molar-refractivity contribution in [3.8, 4) is 67.8 Å². The van der Waals surface area contributed by atoms with Crippen LogP contribution in [-0.2, 0) is 0 Å². The SMILES string of the molecule is c1ccc(-c2ccc3c(c2)c2ccccc2n3-c2nc(-c3ccc4c(c3)oc3ccccc34)nc(-c3cccc4oc5ccc(-c6ccc7sc8c(-c9ccc%10c(c9)c9ccccc9n%10-c9ccccc9)cccc8c7c6)cc5c34)n2)cc1. The summed E-state index contributed by atoms with van der Waals surface area (Å²) in [7, 11) is 0. The third-order valence-corrected chi connectivity index (χ3v) is 18.0. The van der Waals surface area contributed by atoms with E-state index in [0.29, 0.717) is 17.6 Å². The second-order valence-electron chi connectivity index (χ2n) is 21.4. The van der Waals surface area contributed by atoms with Gasteiger partial charge in [0.2, 0.25) is 5.95 Å². The Kier molecular flexibility index (Phi) is 9.83. The van der Waals surface area contributed by atoms with E-state index in [0.717, 1.165) is 105 Å². The molecule has 386 valence electrons. The van der Waals surface area contributed by atoms with Gasteiger partial charge in [0.25, 0.3) is 0 Å². The normalized spacial score (nSPS) is 12.1. The minimum absolute atomic E-state index is 0.509. The second-order valence-corrected chi connectivity index (χ2v) is 22.5. The van der Waals surface area contributed by atoms with Crippen molar-refractivity contribution in [2.45, 2.75) is 0 Å². The molecule has 0 aliphatic carbocycles. The summed E-state index contributed by atoms with van der Waals surface area (Å²) < 4.78 is 20.2. The molecule has 0 N–H and O–H groups in total. The zero-order valence-corrected chi connectivity index (χ0v) is 45.1. The zero-order valence-electron chi connectivity index (χ0n) is 44.3. The van der Waals surface area contributed by atoms with Gasteiger partial charge in [-0.1, -0.05) is 164 Å². The van der Waals surface area contributed by atoms with Crippen molar-refractivity contribution in [3.63, 3.8) is 0 Å². The van der Waals surface area contributed by atoms with Crippen molar-refractivity contribution in [2.24, 2.45) is 0 Å². The van der Waals surface area contributed by atoms with E-state index < -0.39 is 0 Å². The Morgan fingerprint density at radius 2 is 0.831 bits per heavy atom. The molecule has 0 saturated heterocycles. The molecule has 0 amide bonds. The molecule has 0 unspecified atom stereocenters. The number of rotatable bonds is 7. The first-order chi connectivity index (χ1) is 41.1. The molecule has 0 spiro atoms. The Morgan fingerprint density at radius 1 is 0.289 bits per heavy atom. The summed E-state index contributed by atoms with van der Waals surface area (Å²) in [5.41, 5.74) is 17.3. The van der Waals surface area contributed by atoms with Crippen molar-refractivity contribution in [3.05, 3.63) is 261 Å². The molecule has 6 aromatic heterocycles. The van der Waals surface area contributed by atoms with E-state index in [4.69, 9.17) is 23.8 Å². The maximum absolute atomic E-state index is 6.72. The molecule has 18 rings (SSSR count). The average molecular weight is 1080 g/mol. The summed E-state index contributed by atoms with van der Waals surface area (Å²) in [6.45, 7) is 0. The molecule has 83 heavy (non-hydrogen) atoms. The Labute approximate surface area is 477 Å². The van der Waals surface area contributed by atoms with E-state index in [1.165, 1.54) is 53.1 Å². The minimum atomic E-state index is 0.509. The molecule has 0 radical (unpaired) electrons. The molecule has 8 heteroatoms. The van der Waals surface area contributed by atoms with Crippen LogP contribution in [0.1, 0.15) is 0 Å². The molecule has 0 saturated carbocycles. The van der Waals surface area contributed by atoms with Crippen molar-refractivity contribution in [2.75, 3.05) is 0 Å². The first kappa shape index (κ1) is 45.9. The molecule has 0 aliphatic rings. The van der Waals surface area contributed by atoms with Crippen molar-refractivity contribution in [1.29, 1.82) is 0 Å². The molecule has 0 fully saturated rings. The number of aromatic nitrogens is 5. The fourth-order valence-electron chi connectivity index (χ4n) is 13.0. The van der Waals surface area contributed by atoms with Gasteiger partial charge in [-0.25, -0.2) is 4.98 Å². The van der Waals surface area contributed by atoms with Gasteiger partial charge in [0.1, 0.15) is 22.3 Å². The first-order valence-electron chi connectivity index (χ1n) is 27.9. The maximum atomic E-state index is 6.72. The molecule has 6 heterocycles. The van der Waals surface area contributed by atoms with Gasteiger partial charge in [-0.3, -0.25) is 4.57 Å². The number of hydrogen-bond acceptors (Lipinski definition) is 6. The maximum Gasteiger partial charge on any atom is 0.238 e. The monoisotopic (exact) mass is 1080 g/mol. The van der Waals surface area contributed by atoms with Crippen LogP contribution >= 0.6 is 11.3 Å². The molecule has 7 nitrogen and oxygen atoms in total. The van der Waals surface area contributed by atoms with Crippen LogP contribution < -0.4 is 0 Å². The van der Waals surface area contributed by atoms with Gasteiger partial charge < -0.3 is 13.4 Å².